The highest BCUT2D eigenvalue weighted by Gasteiger charge is 2.14. The minimum absolute atomic E-state index is 0.244. The van der Waals surface area contributed by atoms with E-state index in [-0.39, 0.29) is 12.1 Å². The molecule has 0 bridgehead atoms. The molecule has 0 fully saturated rings. The van der Waals surface area contributed by atoms with Gasteiger partial charge in [0.15, 0.2) is 8.03 Å². The first kappa shape index (κ1) is 11.6. The van der Waals surface area contributed by atoms with Crippen molar-refractivity contribution in [3.8, 4) is 0 Å². The highest BCUT2D eigenvalue weighted by atomic mass is 31.1. The number of carboxylic acids is 1. The van der Waals surface area contributed by atoms with E-state index in [9.17, 15) is 9.36 Å². The zero-order chi connectivity index (χ0) is 9.72. The maximum atomic E-state index is 10.5. The molecule has 0 saturated carbocycles. The number of nitrogens with two attached hydrogens (primary N) is 1. The van der Waals surface area contributed by atoms with Crippen molar-refractivity contribution in [2.45, 2.75) is 31.5 Å². The first-order chi connectivity index (χ1) is 5.45. The molecule has 12 heavy (non-hydrogen) atoms. The molecular formula is C6H14NO4P. The summed E-state index contributed by atoms with van der Waals surface area (Å²) in [7, 11) is -2.53. The Kier molecular flexibility index (Phi) is 5.13. The fourth-order valence-corrected chi connectivity index (χ4v) is 1.09. The quantitative estimate of drug-likeness (QED) is 0.537. The monoisotopic (exact) mass is 195 g/mol. The SMILES string of the molecule is CC(CCC(N)C(=O)O)[PH](=O)O. The molecule has 0 aromatic carbocycles. The zero-order valence-electron chi connectivity index (χ0n) is 6.86. The topological polar surface area (TPSA) is 101 Å². The van der Waals surface area contributed by atoms with Crippen LogP contribution in [0.3, 0.4) is 0 Å². The van der Waals surface area contributed by atoms with E-state index in [1.54, 1.807) is 6.92 Å². The second-order valence-corrected chi connectivity index (χ2v) is 4.42. The van der Waals surface area contributed by atoms with E-state index in [2.05, 4.69) is 0 Å². The van der Waals surface area contributed by atoms with Crippen LogP contribution in [0.25, 0.3) is 0 Å². The third-order valence-electron chi connectivity index (χ3n) is 1.65. The molecule has 0 radical (unpaired) electrons. The van der Waals surface area contributed by atoms with Crippen molar-refractivity contribution >= 4 is 14.0 Å². The van der Waals surface area contributed by atoms with Crippen LogP contribution in [0, 0.1) is 0 Å². The van der Waals surface area contributed by atoms with Crippen LogP contribution in [0.15, 0.2) is 0 Å². The Morgan fingerprint density at radius 3 is 2.42 bits per heavy atom. The van der Waals surface area contributed by atoms with Crippen LogP contribution in [0.5, 0.6) is 0 Å². The summed E-state index contributed by atoms with van der Waals surface area (Å²) in [6.45, 7) is 1.61. The molecule has 0 rings (SSSR count). The van der Waals surface area contributed by atoms with Crippen molar-refractivity contribution in [1.82, 2.24) is 0 Å². The molecule has 0 spiro atoms. The summed E-state index contributed by atoms with van der Waals surface area (Å²) in [4.78, 5) is 18.9. The summed E-state index contributed by atoms with van der Waals surface area (Å²) >= 11 is 0. The minimum Gasteiger partial charge on any atom is -0.480 e. The Bertz CT molecular complexity index is 164. The second kappa shape index (κ2) is 5.30. The van der Waals surface area contributed by atoms with Crippen molar-refractivity contribution in [3.63, 3.8) is 0 Å². The van der Waals surface area contributed by atoms with Crippen LogP contribution in [0.4, 0.5) is 0 Å². The van der Waals surface area contributed by atoms with Gasteiger partial charge in [-0.3, -0.25) is 9.36 Å². The van der Waals surface area contributed by atoms with E-state index >= 15 is 0 Å². The normalized spacial score (nSPS) is 18.2. The number of hydrogen-bond donors (Lipinski definition) is 3. The van der Waals surface area contributed by atoms with E-state index < -0.39 is 20.0 Å². The molecule has 0 aliphatic carbocycles. The Labute approximate surface area is 71.4 Å². The predicted molar refractivity (Wildman–Crippen MR) is 45.5 cm³/mol. The molecule has 0 saturated heterocycles. The standard InChI is InChI=1S/C6H14NO4P/c1-4(12(10)11)2-3-5(7)6(8)9/h4-5,12H,2-3,7H2,1H3,(H,8,9)(H,10,11). The minimum atomic E-state index is -2.53. The van der Waals surface area contributed by atoms with Gasteiger partial charge < -0.3 is 15.7 Å². The summed E-state index contributed by atoms with van der Waals surface area (Å²) in [6, 6.07) is -0.922. The molecule has 0 aliphatic rings. The molecule has 5 nitrogen and oxygen atoms in total. The first-order valence-corrected chi connectivity index (χ1v) is 5.09. The van der Waals surface area contributed by atoms with Gasteiger partial charge >= 0.3 is 5.97 Å². The highest BCUT2D eigenvalue weighted by molar-refractivity contribution is 7.38. The number of aliphatic carboxylic acids is 1. The molecule has 0 amide bonds. The van der Waals surface area contributed by atoms with Crippen LogP contribution in [0.2, 0.25) is 0 Å². The average Bonchev–Trinajstić information content (AvgIpc) is 1.98. The van der Waals surface area contributed by atoms with Crippen LogP contribution in [0.1, 0.15) is 19.8 Å². The van der Waals surface area contributed by atoms with Crippen LogP contribution in [-0.2, 0) is 9.36 Å². The number of carbonyl (C=O) groups is 1. The van der Waals surface area contributed by atoms with Gasteiger partial charge in [-0.2, -0.15) is 0 Å². The second-order valence-electron chi connectivity index (χ2n) is 2.76. The van der Waals surface area contributed by atoms with Crippen LogP contribution < -0.4 is 5.73 Å². The highest BCUT2D eigenvalue weighted by Crippen LogP contribution is 2.25. The van der Waals surface area contributed by atoms with Gasteiger partial charge in [-0.05, 0) is 12.8 Å². The maximum absolute atomic E-state index is 10.5. The Morgan fingerprint density at radius 2 is 2.08 bits per heavy atom. The van der Waals surface area contributed by atoms with Crippen molar-refractivity contribution < 1.29 is 19.4 Å². The van der Waals surface area contributed by atoms with Gasteiger partial charge in [-0.15, -0.1) is 0 Å². The smallest absolute Gasteiger partial charge is 0.320 e. The van der Waals surface area contributed by atoms with Gasteiger partial charge in [-0.25, -0.2) is 0 Å². The molecule has 0 aromatic heterocycles. The lowest BCUT2D eigenvalue weighted by atomic mass is 10.1. The Morgan fingerprint density at radius 1 is 1.58 bits per heavy atom. The molecule has 4 N–H and O–H groups in total. The van der Waals surface area contributed by atoms with Gasteiger partial charge in [0.1, 0.15) is 6.04 Å². The summed E-state index contributed by atoms with van der Waals surface area (Å²) in [5.74, 6) is -1.07. The third kappa shape index (κ3) is 4.49. The van der Waals surface area contributed by atoms with E-state index in [1.165, 1.54) is 0 Å². The molecule has 6 heteroatoms. The largest absolute Gasteiger partial charge is 0.480 e. The molecule has 3 unspecified atom stereocenters. The summed E-state index contributed by atoms with van der Waals surface area (Å²) in [5.41, 5.74) is 4.85. The van der Waals surface area contributed by atoms with Crippen molar-refractivity contribution in [3.05, 3.63) is 0 Å². The number of rotatable bonds is 5. The van der Waals surface area contributed by atoms with E-state index in [0.717, 1.165) is 0 Å². The first-order valence-electron chi connectivity index (χ1n) is 3.66. The van der Waals surface area contributed by atoms with Crippen LogP contribution in [-0.4, -0.2) is 27.7 Å². The van der Waals surface area contributed by atoms with Gasteiger partial charge in [0.2, 0.25) is 0 Å². The fraction of sp³-hybridized carbons (Fsp3) is 0.833. The van der Waals surface area contributed by atoms with E-state index in [0.29, 0.717) is 6.42 Å². The average molecular weight is 195 g/mol. The third-order valence-corrected chi connectivity index (χ3v) is 2.78. The molecule has 3 atom stereocenters. The lowest BCUT2D eigenvalue weighted by Gasteiger charge is -2.09. The maximum Gasteiger partial charge on any atom is 0.320 e. The summed E-state index contributed by atoms with van der Waals surface area (Å²) in [5, 5.41) is 8.38. The molecule has 72 valence electrons. The van der Waals surface area contributed by atoms with Gasteiger partial charge in [0.05, 0.1) is 0 Å². The molecular weight excluding hydrogens is 181 g/mol. The van der Waals surface area contributed by atoms with Crippen molar-refractivity contribution in [2.24, 2.45) is 5.73 Å². The molecule has 0 aliphatic heterocycles. The number of carboxylic acid groups (broad SMARTS) is 1. The van der Waals surface area contributed by atoms with Gasteiger partial charge in [0.25, 0.3) is 0 Å². The zero-order valence-corrected chi connectivity index (χ0v) is 7.86. The summed E-state index contributed by atoms with van der Waals surface area (Å²) in [6.07, 6.45) is 0.620. The molecule has 0 heterocycles. The van der Waals surface area contributed by atoms with E-state index in [4.69, 9.17) is 15.7 Å². The van der Waals surface area contributed by atoms with Crippen molar-refractivity contribution in [1.29, 1.82) is 0 Å². The van der Waals surface area contributed by atoms with E-state index in [1.807, 2.05) is 0 Å². The lowest BCUT2D eigenvalue weighted by molar-refractivity contribution is -0.138. The predicted octanol–water partition coefficient (Wildman–Crippen LogP) is 0.0340. The van der Waals surface area contributed by atoms with Gasteiger partial charge in [-0.1, -0.05) is 6.92 Å². The Balaban J connectivity index is 3.68. The molecule has 0 aromatic rings. The van der Waals surface area contributed by atoms with Crippen molar-refractivity contribution in [2.75, 3.05) is 0 Å². The lowest BCUT2D eigenvalue weighted by Crippen LogP contribution is -2.30. The fourth-order valence-electron chi connectivity index (χ4n) is 0.677. The summed E-state index contributed by atoms with van der Waals surface area (Å²) < 4.78 is 10.5. The number of hydrogen-bond acceptors (Lipinski definition) is 3. The Hall–Kier alpha value is -0.380. The van der Waals surface area contributed by atoms with Crippen LogP contribution >= 0.6 is 8.03 Å². The van der Waals surface area contributed by atoms with Gasteiger partial charge in [0, 0.05) is 5.66 Å².